The number of hydrogen-bond donors (Lipinski definition) is 1. The summed E-state index contributed by atoms with van der Waals surface area (Å²) in [6.45, 7) is 3.57. The molecule has 1 N–H and O–H groups in total. The molecule has 7 nitrogen and oxygen atoms in total. The molecular weight excluding hydrogens is 426 g/mol. The van der Waals surface area contributed by atoms with Gasteiger partial charge in [0.2, 0.25) is 11.8 Å². The molecule has 32 heavy (non-hydrogen) atoms. The maximum atomic E-state index is 12.7. The first kappa shape index (κ1) is 23.5. The zero-order valence-electron chi connectivity index (χ0n) is 18.8. The van der Waals surface area contributed by atoms with E-state index >= 15 is 0 Å². The minimum absolute atomic E-state index is 0. The normalized spacial score (nSPS) is 14.1. The molecule has 0 bridgehead atoms. The number of carbonyl (C=O) groups is 2. The van der Waals surface area contributed by atoms with E-state index in [0.717, 1.165) is 16.8 Å². The standard InChI is InChI=1S/C24H27N5O2.ClH/c1-16-6-5-7-18-11-20(29(4)23(16)18)14-28(3)22(31)9-8-17-10-19-13-27(2)15-21(30)26-24(19)25-12-17;/h5-12H,13-15H2,1-4H3,(H,25,26,30);1H/b9-8+;. The summed E-state index contributed by atoms with van der Waals surface area (Å²) in [5, 5.41) is 4.00. The second kappa shape index (κ2) is 9.54. The van der Waals surface area contributed by atoms with Crippen LogP contribution in [0.5, 0.6) is 0 Å². The number of hydrogen-bond acceptors (Lipinski definition) is 4. The van der Waals surface area contributed by atoms with E-state index in [4.69, 9.17) is 0 Å². The van der Waals surface area contributed by atoms with Crippen LogP contribution >= 0.6 is 12.4 Å². The van der Waals surface area contributed by atoms with E-state index in [-0.39, 0.29) is 24.2 Å². The van der Waals surface area contributed by atoms with Crippen LogP contribution in [0.15, 0.2) is 42.6 Å². The number of fused-ring (bicyclic) bond motifs is 2. The van der Waals surface area contributed by atoms with E-state index in [2.05, 4.69) is 46.1 Å². The van der Waals surface area contributed by atoms with Crippen LogP contribution in [0.25, 0.3) is 17.0 Å². The number of anilines is 1. The number of amides is 2. The molecule has 8 heteroatoms. The van der Waals surface area contributed by atoms with Gasteiger partial charge >= 0.3 is 0 Å². The highest BCUT2D eigenvalue weighted by Crippen LogP contribution is 2.23. The van der Waals surface area contributed by atoms with Crippen LogP contribution < -0.4 is 5.32 Å². The van der Waals surface area contributed by atoms with E-state index in [0.29, 0.717) is 25.5 Å². The van der Waals surface area contributed by atoms with Gasteiger partial charge in [0.05, 0.1) is 18.6 Å². The Kier molecular flexibility index (Phi) is 7.01. The van der Waals surface area contributed by atoms with Gasteiger partial charge in [-0.15, -0.1) is 12.4 Å². The third-order valence-corrected chi connectivity index (χ3v) is 5.65. The number of nitrogens with one attached hydrogen (secondary N) is 1. The number of likely N-dealkylation sites (N-methyl/N-ethyl adjacent to an activating group) is 2. The lowest BCUT2D eigenvalue weighted by Gasteiger charge is -2.16. The van der Waals surface area contributed by atoms with Gasteiger partial charge in [-0.2, -0.15) is 0 Å². The highest BCUT2D eigenvalue weighted by atomic mass is 35.5. The van der Waals surface area contributed by atoms with E-state index < -0.39 is 0 Å². The van der Waals surface area contributed by atoms with Gasteiger partial charge < -0.3 is 14.8 Å². The van der Waals surface area contributed by atoms with Crippen molar-refractivity contribution < 1.29 is 9.59 Å². The average molecular weight is 454 g/mol. The SMILES string of the molecule is Cc1cccc2cc(CN(C)C(=O)/C=C/c3cnc4c(c3)CN(C)CC(=O)N4)n(C)c12.Cl. The summed E-state index contributed by atoms with van der Waals surface area (Å²) in [7, 11) is 5.73. The molecule has 0 aliphatic carbocycles. The summed E-state index contributed by atoms with van der Waals surface area (Å²) < 4.78 is 2.15. The number of pyridine rings is 1. The van der Waals surface area contributed by atoms with Gasteiger partial charge in [-0.1, -0.05) is 18.2 Å². The molecule has 0 fully saturated rings. The Morgan fingerprint density at radius 1 is 1.25 bits per heavy atom. The molecule has 0 spiro atoms. The van der Waals surface area contributed by atoms with E-state index in [1.165, 1.54) is 16.5 Å². The number of aryl methyl sites for hydroxylation is 2. The van der Waals surface area contributed by atoms with Crippen molar-refractivity contribution in [3.05, 3.63) is 65.0 Å². The molecule has 1 aliphatic rings. The van der Waals surface area contributed by atoms with Crippen LogP contribution in [0.3, 0.4) is 0 Å². The van der Waals surface area contributed by atoms with Gasteiger partial charge in [0.1, 0.15) is 5.82 Å². The second-order valence-corrected chi connectivity index (χ2v) is 8.23. The van der Waals surface area contributed by atoms with Crippen LogP contribution in [0.2, 0.25) is 0 Å². The first-order chi connectivity index (χ1) is 14.8. The van der Waals surface area contributed by atoms with E-state index in [9.17, 15) is 9.59 Å². The molecule has 0 saturated carbocycles. The van der Waals surface area contributed by atoms with E-state index in [1.54, 1.807) is 30.3 Å². The molecule has 4 rings (SSSR count). The molecular formula is C24H28ClN5O2. The van der Waals surface area contributed by atoms with Crippen molar-refractivity contribution in [2.24, 2.45) is 7.05 Å². The molecule has 0 atom stereocenters. The fraction of sp³-hybridized carbons (Fsp3) is 0.292. The van der Waals surface area contributed by atoms with Crippen molar-refractivity contribution in [1.29, 1.82) is 0 Å². The van der Waals surface area contributed by atoms with Crippen molar-refractivity contribution in [2.75, 3.05) is 26.0 Å². The van der Waals surface area contributed by atoms with Crippen molar-refractivity contribution in [3.63, 3.8) is 0 Å². The lowest BCUT2D eigenvalue weighted by atomic mass is 10.1. The largest absolute Gasteiger partial charge is 0.346 e. The summed E-state index contributed by atoms with van der Waals surface area (Å²) >= 11 is 0. The Hall–Kier alpha value is -3.16. The summed E-state index contributed by atoms with van der Waals surface area (Å²) in [6.07, 6.45) is 5.00. The Bertz CT molecular complexity index is 1200. The summed E-state index contributed by atoms with van der Waals surface area (Å²) in [5.74, 6) is 0.431. The van der Waals surface area contributed by atoms with Crippen LogP contribution in [0, 0.1) is 6.92 Å². The van der Waals surface area contributed by atoms with Gasteiger partial charge in [0, 0.05) is 49.6 Å². The first-order valence-corrected chi connectivity index (χ1v) is 10.3. The molecule has 0 unspecified atom stereocenters. The smallest absolute Gasteiger partial charge is 0.246 e. The maximum absolute atomic E-state index is 12.7. The molecule has 2 aromatic heterocycles. The predicted octanol–water partition coefficient (Wildman–Crippen LogP) is 3.36. The van der Waals surface area contributed by atoms with Crippen LogP contribution in [-0.2, 0) is 29.7 Å². The Balaban J connectivity index is 0.00000289. The predicted molar refractivity (Wildman–Crippen MR) is 130 cm³/mol. The molecule has 1 aromatic carbocycles. The monoisotopic (exact) mass is 453 g/mol. The van der Waals surface area contributed by atoms with Crippen LogP contribution in [0.4, 0.5) is 5.82 Å². The number of aromatic nitrogens is 2. The van der Waals surface area contributed by atoms with Crippen molar-refractivity contribution >= 4 is 47.0 Å². The molecule has 3 heterocycles. The second-order valence-electron chi connectivity index (χ2n) is 8.23. The van der Waals surface area contributed by atoms with Crippen LogP contribution in [-0.4, -0.2) is 51.8 Å². The highest BCUT2D eigenvalue weighted by molar-refractivity contribution is 5.93. The number of rotatable bonds is 4. The van der Waals surface area contributed by atoms with Gasteiger partial charge in [0.15, 0.2) is 0 Å². The first-order valence-electron chi connectivity index (χ1n) is 10.3. The number of para-hydroxylation sites is 1. The number of carbonyl (C=O) groups excluding carboxylic acids is 2. The number of nitrogens with zero attached hydrogens (tertiary/aromatic N) is 4. The summed E-state index contributed by atoms with van der Waals surface area (Å²) in [6, 6.07) is 10.3. The molecule has 0 radical (unpaired) electrons. The summed E-state index contributed by atoms with van der Waals surface area (Å²) in [5.41, 5.74) is 5.26. The molecule has 3 aromatic rings. The fourth-order valence-electron chi connectivity index (χ4n) is 4.06. The topological polar surface area (TPSA) is 70.5 Å². The van der Waals surface area contributed by atoms with Crippen molar-refractivity contribution in [1.82, 2.24) is 19.4 Å². The maximum Gasteiger partial charge on any atom is 0.246 e. The van der Waals surface area contributed by atoms with Crippen LogP contribution in [0.1, 0.15) is 22.4 Å². The van der Waals surface area contributed by atoms with Crippen molar-refractivity contribution in [2.45, 2.75) is 20.0 Å². The lowest BCUT2D eigenvalue weighted by Crippen LogP contribution is -2.26. The Labute approximate surface area is 194 Å². The fourth-order valence-corrected chi connectivity index (χ4v) is 4.06. The highest BCUT2D eigenvalue weighted by Gasteiger charge is 2.17. The van der Waals surface area contributed by atoms with Crippen molar-refractivity contribution in [3.8, 4) is 0 Å². The van der Waals surface area contributed by atoms with Gasteiger partial charge in [-0.05, 0) is 43.3 Å². The van der Waals surface area contributed by atoms with Gasteiger partial charge in [-0.25, -0.2) is 4.98 Å². The minimum atomic E-state index is -0.0812. The van der Waals surface area contributed by atoms with Gasteiger partial charge in [0.25, 0.3) is 0 Å². The quantitative estimate of drug-likeness (QED) is 0.615. The third-order valence-electron chi connectivity index (χ3n) is 5.65. The van der Waals surface area contributed by atoms with E-state index in [1.807, 2.05) is 25.1 Å². The summed E-state index contributed by atoms with van der Waals surface area (Å²) in [4.78, 5) is 32.5. The molecule has 168 valence electrons. The number of halogens is 1. The minimum Gasteiger partial charge on any atom is -0.346 e. The zero-order chi connectivity index (χ0) is 22.1. The third kappa shape index (κ3) is 4.84. The lowest BCUT2D eigenvalue weighted by molar-refractivity contribution is -0.125. The molecule has 1 aliphatic heterocycles. The average Bonchev–Trinajstić information content (AvgIpc) is 2.95. The van der Waals surface area contributed by atoms with Gasteiger partial charge in [-0.3, -0.25) is 14.5 Å². The number of benzene rings is 1. The Morgan fingerprint density at radius 3 is 2.78 bits per heavy atom. The Morgan fingerprint density at radius 2 is 2.03 bits per heavy atom. The zero-order valence-corrected chi connectivity index (χ0v) is 19.6. The molecule has 2 amide bonds. The molecule has 0 saturated heterocycles.